The lowest BCUT2D eigenvalue weighted by molar-refractivity contribution is 0.451. The number of aromatic nitrogens is 2. The van der Waals surface area contributed by atoms with E-state index in [1.165, 1.54) is 18.2 Å². The van der Waals surface area contributed by atoms with E-state index in [1.807, 2.05) is 6.92 Å². The highest BCUT2D eigenvalue weighted by Crippen LogP contribution is 2.14. The predicted molar refractivity (Wildman–Crippen MR) is 68.8 cm³/mol. The van der Waals surface area contributed by atoms with Crippen molar-refractivity contribution in [2.24, 2.45) is 0 Å². The van der Waals surface area contributed by atoms with Crippen LogP contribution in [0.3, 0.4) is 0 Å². The molecular weight excluding hydrogens is 249 g/mol. The highest BCUT2D eigenvalue weighted by atomic mass is 19.1. The van der Waals surface area contributed by atoms with Gasteiger partial charge >= 0.3 is 0 Å². The molecule has 0 fully saturated rings. The topological polar surface area (TPSA) is 67.2 Å². The molecule has 0 bridgehead atoms. The molecule has 100 valence electrons. The number of benzene rings is 1. The minimum Gasteiger partial charge on any atom is -0.506 e. The molecule has 0 aliphatic rings. The Kier molecular flexibility index (Phi) is 3.91. The Morgan fingerprint density at radius 3 is 2.84 bits per heavy atom. The van der Waals surface area contributed by atoms with E-state index < -0.39 is 11.4 Å². The molecule has 0 aliphatic carbocycles. The van der Waals surface area contributed by atoms with Gasteiger partial charge in [0.15, 0.2) is 0 Å². The Morgan fingerprint density at radius 2 is 2.16 bits per heavy atom. The van der Waals surface area contributed by atoms with Gasteiger partial charge in [0.2, 0.25) is 0 Å². The maximum absolute atomic E-state index is 13.7. The largest absolute Gasteiger partial charge is 0.506 e. The molecular formula is C13H14FN3O2. The Morgan fingerprint density at radius 1 is 1.42 bits per heavy atom. The monoisotopic (exact) mass is 263 g/mol. The number of halogens is 1. The third-order valence-corrected chi connectivity index (χ3v) is 2.61. The van der Waals surface area contributed by atoms with Crippen LogP contribution in [0.15, 0.2) is 35.1 Å². The van der Waals surface area contributed by atoms with E-state index in [4.69, 9.17) is 0 Å². The molecule has 19 heavy (non-hydrogen) atoms. The first-order valence-corrected chi connectivity index (χ1v) is 5.91. The fourth-order valence-corrected chi connectivity index (χ4v) is 1.65. The highest BCUT2D eigenvalue weighted by molar-refractivity contribution is 5.34. The van der Waals surface area contributed by atoms with Gasteiger partial charge in [-0.1, -0.05) is 19.1 Å². The Balaban J connectivity index is 2.52. The van der Waals surface area contributed by atoms with Gasteiger partial charge in [-0.2, -0.15) is 9.78 Å². The number of rotatable bonds is 4. The van der Waals surface area contributed by atoms with Crippen LogP contribution in [0.4, 0.5) is 4.39 Å². The van der Waals surface area contributed by atoms with Gasteiger partial charge in [-0.25, -0.2) is 4.39 Å². The van der Waals surface area contributed by atoms with Crippen LogP contribution in [-0.4, -0.2) is 21.4 Å². The summed E-state index contributed by atoms with van der Waals surface area (Å²) < 4.78 is 14.6. The van der Waals surface area contributed by atoms with E-state index in [0.717, 1.165) is 10.7 Å². The van der Waals surface area contributed by atoms with E-state index >= 15 is 0 Å². The number of para-hydroxylation sites is 1. The lowest BCUT2D eigenvalue weighted by atomic mass is 10.3. The van der Waals surface area contributed by atoms with E-state index in [1.54, 1.807) is 6.07 Å². The van der Waals surface area contributed by atoms with Gasteiger partial charge in [-0.15, -0.1) is 0 Å². The lowest BCUT2D eigenvalue weighted by Crippen LogP contribution is -2.24. The number of aromatic hydroxyl groups is 1. The Bertz CT molecular complexity index is 640. The molecule has 2 aromatic rings. The van der Waals surface area contributed by atoms with Gasteiger partial charge in [-0.05, 0) is 18.7 Å². The van der Waals surface area contributed by atoms with Crippen LogP contribution in [0.2, 0.25) is 0 Å². The second-order valence-corrected chi connectivity index (χ2v) is 3.96. The van der Waals surface area contributed by atoms with Crippen molar-refractivity contribution in [3.63, 3.8) is 0 Å². The minimum atomic E-state index is -0.581. The number of nitrogens with zero attached hydrogens (tertiary/aromatic N) is 2. The van der Waals surface area contributed by atoms with E-state index in [0.29, 0.717) is 18.8 Å². The molecule has 0 saturated carbocycles. The normalized spacial score (nSPS) is 10.6. The molecule has 0 amide bonds. The third kappa shape index (κ3) is 2.79. The standard InChI is InChI=1S/C13H14FN3O2/c1-2-15-8-10-12(18)7-13(19)17(16-10)11-6-4-3-5-9(11)14/h3-7,15,18H,2,8H2,1H3. The summed E-state index contributed by atoms with van der Waals surface area (Å²) in [7, 11) is 0. The van der Waals surface area contributed by atoms with Crippen molar-refractivity contribution in [3.05, 3.63) is 52.2 Å². The van der Waals surface area contributed by atoms with E-state index in [2.05, 4.69) is 10.4 Å². The molecule has 6 heteroatoms. The maximum Gasteiger partial charge on any atom is 0.275 e. The first kappa shape index (κ1) is 13.2. The van der Waals surface area contributed by atoms with Crippen molar-refractivity contribution in [2.75, 3.05) is 6.54 Å². The molecule has 1 heterocycles. The summed E-state index contributed by atoms with van der Waals surface area (Å²) in [5.74, 6) is -0.740. The van der Waals surface area contributed by atoms with Crippen molar-refractivity contribution in [1.82, 2.24) is 15.1 Å². The van der Waals surface area contributed by atoms with Crippen molar-refractivity contribution < 1.29 is 9.50 Å². The van der Waals surface area contributed by atoms with Crippen LogP contribution in [0.1, 0.15) is 12.6 Å². The summed E-state index contributed by atoms with van der Waals surface area (Å²) in [4.78, 5) is 11.8. The van der Waals surface area contributed by atoms with Gasteiger partial charge in [0.1, 0.15) is 22.9 Å². The number of hydrogen-bond acceptors (Lipinski definition) is 4. The van der Waals surface area contributed by atoms with E-state index in [9.17, 15) is 14.3 Å². The molecule has 2 rings (SSSR count). The van der Waals surface area contributed by atoms with Crippen LogP contribution in [0, 0.1) is 5.82 Å². The van der Waals surface area contributed by atoms with Crippen LogP contribution in [-0.2, 0) is 6.54 Å². The van der Waals surface area contributed by atoms with Gasteiger partial charge in [0.05, 0.1) is 0 Å². The predicted octanol–water partition coefficient (Wildman–Crippen LogP) is 1.19. The SMILES string of the molecule is CCNCc1nn(-c2ccccc2F)c(=O)cc1O. The molecule has 0 radical (unpaired) electrons. The molecule has 1 aromatic carbocycles. The lowest BCUT2D eigenvalue weighted by Gasteiger charge is -2.09. The zero-order valence-corrected chi connectivity index (χ0v) is 10.4. The second-order valence-electron chi connectivity index (χ2n) is 3.96. The smallest absolute Gasteiger partial charge is 0.275 e. The zero-order valence-electron chi connectivity index (χ0n) is 10.4. The van der Waals surface area contributed by atoms with Crippen LogP contribution in [0.25, 0.3) is 5.69 Å². The van der Waals surface area contributed by atoms with Crippen LogP contribution in [0.5, 0.6) is 5.75 Å². The van der Waals surface area contributed by atoms with Crippen molar-refractivity contribution >= 4 is 0 Å². The van der Waals surface area contributed by atoms with Gasteiger partial charge in [-0.3, -0.25) is 4.79 Å². The summed E-state index contributed by atoms with van der Waals surface area (Å²) in [6.07, 6.45) is 0. The zero-order chi connectivity index (χ0) is 13.8. The van der Waals surface area contributed by atoms with E-state index in [-0.39, 0.29) is 11.4 Å². The number of hydrogen-bond donors (Lipinski definition) is 2. The third-order valence-electron chi connectivity index (χ3n) is 2.61. The summed E-state index contributed by atoms with van der Waals surface area (Å²) in [6, 6.07) is 6.89. The molecule has 2 N–H and O–H groups in total. The first-order chi connectivity index (χ1) is 9.13. The average Bonchev–Trinajstić information content (AvgIpc) is 2.39. The summed E-state index contributed by atoms with van der Waals surface area (Å²) in [5.41, 5.74) is -0.224. The molecule has 0 atom stereocenters. The van der Waals surface area contributed by atoms with Crippen molar-refractivity contribution in [2.45, 2.75) is 13.5 Å². The molecule has 0 unspecified atom stereocenters. The summed E-state index contributed by atoms with van der Waals surface area (Å²) in [5, 5.41) is 16.6. The van der Waals surface area contributed by atoms with Crippen molar-refractivity contribution in [3.8, 4) is 11.4 Å². The molecule has 0 spiro atoms. The summed E-state index contributed by atoms with van der Waals surface area (Å²) in [6.45, 7) is 2.90. The molecule has 0 saturated heterocycles. The fourth-order valence-electron chi connectivity index (χ4n) is 1.65. The number of nitrogens with one attached hydrogen (secondary N) is 1. The quantitative estimate of drug-likeness (QED) is 0.869. The Hall–Kier alpha value is -2.21. The molecule has 5 nitrogen and oxygen atoms in total. The minimum absolute atomic E-state index is 0.0604. The van der Waals surface area contributed by atoms with Gasteiger partial charge < -0.3 is 10.4 Å². The highest BCUT2D eigenvalue weighted by Gasteiger charge is 2.11. The van der Waals surface area contributed by atoms with Gasteiger partial charge in [0.25, 0.3) is 5.56 Å². The molecule has 1 aromatic heterocycles. The Labute approximate surface area is 109 Å². The van der Waals surface area contributed by atoms with Crippen LogP contribution >= 0.6 is 0 Å². The first-order valence-electron chi connectivity index (χ1n) is 5.91. The van der Waals surface area contributed by atoms with Gasteiger partial charge in [0, 0.05) is 12.6 Å². The average molecular weight is 263 g/mol. The maximum atomic E-state index is 13.7. The van der Waals surface area contributed by atoms with Crippen LogP contribution < -0.4 is 10.9 Å². The fraction of sp³-hybridized carbons (Fsp3) is 0.231. The molecule has 0 aliphatic heterocycles. The summed E-state index contributed by atoms with van der Waals surface area (Å²) >= 11 is 0. The second kappa shape index (κ2) is 5.62. The van der Waals surface area contributed by atoms with Crippen molar-refractivity contribution in [1.29, 1.82) is 0 Å².